The first kappa shape index (κ1) is 15.5. The minimum Gasteiger partial charge on any atom is -0.493 e. The second-order valence-corrected chi connectivity index (χ2v) is 7.22. The molecule has 1 fully saturated rings. The molecule has 24 heavy (non-hydrogen) atoms. The van der Waals surface area contributed by atoms with Crippen molar-refractivity contribution in [2.24, 2.45) is 5.92 Å². The molecule has 0 radical (unpaired) electrons. The lowest BCUT2D eigenvalue weighted by Crippen LogP contribution is -2.40. The van der Waals surface area contributed by atoms with Crippen LogP contribution >= 0.6 is 11.6 Å². The molecule has 1 atom stereocenters. The van der Waals surface area contributed by atoms with Gasteiger partial charge >= 0.3 is 0 Å². The zero-order valence-corrected chi connectivity index (χ0v) is 14.2. The fourth-order valence-corrected chi connectivity index (χ4v) is 3.59. The first-order valence-corrected chi connectivity index (χ1v) is 8.80. The monoisotopic (exact) mass is 341 g/mol. The summed E-state index contributed by atoms with van der Waals surface area (Å²) in [6.45, 7) is 1.31. The standard InChI is InChI=1S/C20H20ClNO2/c21-17-7-5-16(6-8-17)20(9-10-20)19(23)22-12-14-11-15-3-1-2-4-18(15)24-13-14/h1-8,14H,9-13H2,(H,22,23). The molecular weight excluding hydrogens is 322 g/mol. The van der Waals surface area contributed by atoms with E-state index >= 15 is 0 Å². The Bertz CT molecular complexity index is 752. The van der Waals surface area contributed by atoms with Gasteiger partial charge in [-0.1, -0.05) is 41.9 Å². The van der Waals surface area contributed by atoms with Crippen molar-refractivity contribution in [2.75, 3.05) is 13.2 Å². The summed E-state index contributed by atoms with van der Waals surface area (Å²) in [5, 5.41) is 3.85. The number of fused-ring (bicyclic) bond motifs is 1. The Labute approximate surface area is 147 Å². The molecule has 4 heteroatoms. The molecule has 2 aromatic carbocycles. The highest BCUT2D eigenvalue weighted by Crippen LogP contribution is 2.48. The molecule has 3 nitrogen and oxygen atoms in total. The quantitative estimate of drug-likeness (QED) is 0.920. The third kappa shape index (κ3) is 2.89. The van der Waals surface area contributed by atoms with Crippen LogP contribution in [0.25, 0.3) is 0 Å². The molecule has 1 saturated carbocycles. The molecule has 2 aromatic rings. The molecule has 4 rings (SSSR count). The Balaban J connectivity index is 1.38. The molecule has 0 aromatic heterocycles. The molecule has 0 spiro atoms. The minimum atomic E-state index is -0.349. The lowest BCUT2D eigenvalue weighted by atomic mass is 9.93. The number of para-hydroxylation sites is 1. The number of amides is 1. The predicted octanol–water partition coefficient (Wildman–Crippen LogP) is 3.74. The van der Waals surface area contributed by atoms with Gasteiger partial charge in [-0.2, -0.15) is 0 Å². The normalized spacial score (nSPS) is 20.6. The first-order chi connectivity index (χ1) is 11.7. The van der Waals surface area contributed by atoms with E-state index in [0.29, 0.717) is 24.1 Å². The van der Waals surface area contributed by atoms with E-state index in [0.717, 1.165) is 30.6 Å². The average molecular weight is 342 g/mol. The third-order valence-electron chi connectivity index (χ3n) is 5.09. The third-order valence-corrected chi connectivity index (χ3v) is 5.34. The van der Waals surface area contributed by atoms with Crippen LogP contribution in [0.1, 0.15) is 24.0 Å². The van der Waals surface area contributed by atoms with E-state index in [1.54, 1.807) is 0 Å². The Morgan fingerprint density at radius 3 is 2.67 bits per heavy atom. The smallest absolute Gasteiger partial charge is 0.230 e. The van der Waals surface area contributed by atoms with Crippen molar-refractivity contribution in [3.8, 4) is 5.75 Å². The van der Waals surface area contributed by atoms with Gasteiger partial charge in [-0.3, -0.25) is 4.79 Å². The number of carbonyl (C=O) groups is 1. The van der Waals surface area contributed by atoms with E-state index in [2.05, 4.69) is 11.4 Å². The van der Waals surface area contributed by atoms with Crippen LogP contribution in [0.4, 0.5) is 0 Å². The SMILES string of the molecule is O=C(NCC1COc2ccccc2C1)C1(c2ccc(Cl)cc2)CC1. The summed E-state index contributed by atoms with van der Waals surface area (Å²) in [5.41, 5.74) is 1.94. The number of ether oxygens (including phenoxy) is 1. The Kier molecular flexibility index (Phi) is 3.97. The lowest BCUT2D eigenvalue weighted by Gasteiger charge is -2.26. The molecular formula is C20H20ClNO2. The summed E-state index contributed by atoms with van der Waals surface area (Å²) < 4.78 is 5.80. The fraction of sp³-hybridized carbons (Fsp3) is 0.350. The van der Waals surface area contributed by atoms with Crippen LogP contribution in [-0.4, -0.2) is 19.1 Å². The van der Waals surface area contributed by atoms with Crippen LogP contribution in [-0.2, 0) is 16.6 Å². The van der Waals surface area contributed by atoms with Gasteiger partial charge in [0.05, 0.1) is 12.0 Å². The molecule has 1 aliphatic carbocycles. The van der Waals surface area contributed by atoms with Crippen LogP contribution in [0.2, 0.25) is 5.02 Å². The summed E-state index contributed by atoms with van der Waals surface area (Å²) in [5.74, 6) is 1.42. The number of nitrogens with one attached hydrogen (secondary N) is 1. The van der Waals surface area contributed by atoms with Crippen molar-refractivity contribution in [3.63, 3.8) is 0 Å². The summed E-state index contributed by atoms with van der Waals surface area (Å²) >= 11 is 5.95. The van der Waals surface area contributed by atoms with E-state index in [-0.39, 0.29) is 11.3 Å². The van der Waals surface area contributed by atoms with Gasteiger partial charge in [0, 0.05) is 17.5 Å². The number of benzene rings is 2. The molecule has 1 aliphatic heterocycles. The van der Waals surface area contributed by atoms with Crippen LogP contribution in [0.5, 0.6) is 5.75 Å². The average Bonchev–Trinajstić information content (AvgIpc) is 3.42. The summed E-state index contributed by atoms with van der Waals surface area (Å²) in [7, 11) is 0. The second kappa shape index (κ2) is 6.14. The van der Waals surface area contributed by atoms with Crippen molar-refractivity contribution in [1.29, 1.82) is 0 Å². The van der Waals surface area contributed by atoms with Crippen molar-refractivity contribution in [3.05, 3.63) is 64.7 Å². The van der Waals surface area contributed by atoms with Crippen molar-refractivity contribution in [2.45, 2.75) is 24.7 Å². The number of hydrogen-bond donors (Lipinski definition) is 1. The van der Waals surface area contributed by atoms with E-state index in [1.165, 1.54) is 5.56 Å². The summed E-state index contributed by atoms with van der Waals surface area (Å²) in [6, 6.07) is 15.8. The predicted molar refractivity (Wildman–Crippen MR) is 94.5 cm³/mol. The highest BCUT2D eigenvalue weighted by molar-refractivity contribution is 6.30. The van der Waals surface area contributed by atoms with E-state index in [4.69, 9.17) is 16.3 Å². The molecule has 2 aliphatic rings. The maximum absolute atomic E-state index is 12.7. The molecule has 0 saturated heterocycles. The molecule has 1 heterocycles. The molecule has 0 bridgehead atoms. The molecule has 124 valence electrons. The van der Waals surface area contributed by atoms with Gasteiger partial charge in [-0.25, -0.2) is 0 Å². The van der Waals surface area contributed by atoms with Crippen molar-refractivity contribution >= 4 is 17.5 Å². The van der Waals surface area contributed by atoms with E-state index in [9.17, 15) is 4.79 Å². The van der Waals surface area contributed by atoms with Crippen LogP contribution in [0, 0.1) is 5.92 Å². The fourth-order valence-electron chi connectivity index (χ4n) is 3.47. The van der Waals surface area contributed by atoms with Crippen molar-refractivity contribution in [1.82, 2.24) is 5.32 Å². The first-order valence-electron chi connectivity index (χ1n) is 8.42. The van der Waals surface area contributed by atoms with E-state index < -0.39 is 0 Å². The summed E-state index contributed by atoms with van der Waals surface area (Å²) in [4.78, 5) is 12.7. The number of halogens is 1. The van der Waals surface area contributed by atoms with Gasteiger partial charge in [0.15, 0.2) is 0 Å². The maximum Gasteiger partial charge on any atom is 0.230 e. The Morgan fingerprint density at radius 1 is 1.17 bits per heavy atom. The highest BCUT2D eigenvalue weighted by Gasteiger charge is 2.51. The number of carbonyl (C=O) groups excluding carboxylic acids is 1. The molecule has 1 N–H and O–H groups in total. The van der Waals surface area contributed by atoms with E-state index in [1.807, 2.05) is 42.5 Å². The topological polar surface area (TPSA) is 38.3 Å². The maximum atomic E-state index is 12.7. The van der Waals surface area contributed by atoms with Gasteiger partial charge in [0.25, 0.3) is 0 Å². The molecule has 1 unspecified atom stereocenters. The van der Waals surface area contributed by atoms with Gasteiger partial charge in [-0.15, -0.1) is 0 Å². The van der Waals surface area contributed by atoms with Gasteiger partial charge in [0.2, 0.25) is 5.91 Å². The molecule has 1 amide bonds. The lowest BCUT2D eigenvalue weighted by molar-refractivity contribution is -0.123. The van der Waals surface area contributed by atoms with Gasteiger partial charge < -0.3 is 10.1 Å². The van der Waals surface area contributed by atoms with Crippen molar-refractivity contribution < 1.29 is 9.53 Å². The minimum absolute atomic E-state index is 0.128. The second-order valence-electron chi connectivity index (χ2n) is 6.79. The van der Waals surface area contributed by atoms with Crippen LogP contribution in [0.15, 0.2) is 48.5 Å². The zero-order chi connectivity index (χ0) is 16.6. The van der Waals surface area contributed by atoms with Crippen LogP contribution in [0.3, 0.4) is 0 Å². The van der Waals surface area contributed by atoms with Gasteiger partial charge in [0.1, 0.15) is 5.75 Å². The zero-order valence-electron chi connectivity index (χ0n) is 13.4. The Morgan fingerprint density at radius 2 is 1.92 bits per heavy atom. The largest absolute Gasteiger partial charge is 0.493 e. The number of rotatable bonds is 4. The summed E-state index contributed by atoms with van der Waals surface area (Å²) in [6.07, 6.45) is 2.76. The number of hydrogen-bond acceptors (Lipinski definition) is 2. The van der Waals surface area contributed by atoms with Gasteiger partial charge in [-0.05, 0) is 48.6 Å². The Hall–Kier alpha value is -2.00. The highest BCUT2D eigenvalue weighted by atomic mass is 35.5. The van der Waals surface area contributed by atoms with Crippen LogP contribution < -0.4 is 10.1 Å².